The summed E-state index contributed by atoms with van der Waals surface area (Å²) in [5.41, 5.74) is 3.28. The monoisotopic (exact) mass is 632 g/mol. The Bertz CT molecular complexity index is 1940. The number of nitrogens with one attached hydrogen (secondary N) is 1. The number of fused-ring (bicyclic) bond motifs is 1. The zero-order valence-electron chi connectivity index (χ0n) is 24.3. The summed E-state index contributed by atoms with van der Waals surface area (Å²) >= 11 is 0. The molecule has 0 spiro atoms. The van der Waals surface area contributed by atoms with E-state index in [1.165, 1.54) is 49.0 Å². The van der Waals surface area contributed by atoms with Gasteiger partial charge < -0.3 is 19.6 Å². The summed E-state index contributed by atoms with van der Waals surface area (Å²) in [6.07, 6.45) is 6.00. The third-order valence-electron chi connectivity index (χ3n) is 7.91. The Labute approximate surface area is 258 Å². The van der Waals surface area contributed by atoms with Crippen LogP contribution in [0.15, 0.2) is 90.2 Å². The highest BCUT2D eigenvalue weighted by Crippen LogP contribution is 2.30. The molecule has 1 aliphatic heterocycles. The third-order valence-corrected chi connectivity index (χ3v) is 9.53. The van der Waals surface area contributed by atoms with E-state index in [2.05, 4.69) is 61.0 Å². The summed E-state index contributed by atoms with van der Waals surface area (Å²) in [5.74, 6) is -1.11. The van der Waals surface area contributed by atoms with Crippen molar-refractivity contribution in [3.8, 4) is 11.3 Å². The van der Waals surface area contributed by atoms with Gasteiger partial charge in [0.25, 0.3) is 10.0 Å². The first-order chi connectivity index (χ1) is 21.7. The minimum atomic E-state index is -4.70. The molecule has 2 aromatic heterocycles. The van der Waals surface area contributed by atoms with Gasteiger partial charge in [-0.15, -0.1) is 0 Å². The van der Waals surface area contributed by atoms with Crippen LogP contribution in [-0.4, -0.2) is 54.5 Å². The number of carbonyl (C=O) groups is 1. The first-order valence-electron chi connectivity index (χ1n) is 14.3. The molecule has 1 N–H and O–H groups in total. The van der Waals surface area contributed by atoms with Crippen LogP contribution >= 0.6 is 0 Å². The average molecular weight is 633 g/mol. The highest BCUT2D eigenvalue weighted by atomic mass is 32.2. The Balaban J connectivity index is 1.18. The molecule has 3 heterocycles. The summed E-state index contributed by atoms with van der Waals surface area (Å²) in [6, 6.07) is 18.0. The number of halogens is 2. The standard InChI is InChI=1S/C32H30F2N6O4S/c1-38-13-10-22(11-14-38)19-39-15-12-24-16-23(2-8-30(24)39)29-18-32(36-20-35-29)37-26-4-6-27(7-5-26)40(44-21-41)45(42,43)31-9-3-25(33)17-28(31)34/h2-9,12,15-18,20-22H,10-11,13-14,19H2,1H3,(H,35,36,37). The van der Waals surface area contributed by atoms with Crippen LogP contribution in [0.3, 0.4) is 0 Å². The topological polar surface area (TPSA) is 110 Å². The number of likely N-dealkylation sites (tertiary alicyclic amines) is 1. The molecule has 0 amide bonds. The molecule has 1 aliphatic rings. The van der Waals surface area contributed by atoms with Gasteiger partial charge >= 0.3 is 6.47 Å². The van der Waals surface area contributed by atoms with Crippen molar-refractivity contribution in [2.75, 3.05) is 29.9 Å². The third kappa shape index (κ3) is 6.49. The van der Waals surface area contributed by atoms with E-state index in [1.807, 2.05) is 6.07 Å². The van der Waals surface area contributed by atoms with Crippen molar-refractivity contribution in [3.05, 3.63) is 97.0 Å². The van der Waals surface area contributed by atoms with E-state index < -0.39 is 26.6 Å². The highest BCUT2D eigenvalue weighted by molar-refractivity contribution is 7.92. The fourth-order valence-electron chi connectivity index (χ4n) is 5.51. The Kier molecular flexibility index (Phi) is 8.46. The van der Waals surface area contributed by atoms with Gasteiger partial charge in [-0.2, -0.15) is 8.42 Å². The zero-order chi connectivity index (χ0) is 31.6. The molecule has 0 bridgehead atoms. The second-order valence-electron chi connectivity index (χ2n) is 11.0. The quantitative estimate of drug-likeness (QED) is 0.153. The van der Waals surface area contributed by atoms with Crippen LogP contribution in [0.2, 0.25) is 0 Å². The molecule has 0 unspecified atom stereocenters. The van der Waals surface area contributed by atoms with Gasteiger partial charge in [0.2, 0.25) is 0 Å². The van der Waals surface area contributed by atoms with Crippen molar-refractivity contribution < 1.29 is 26.8 Å². The Morgan fingerprint density at radius 1 is 1.00 bits per heavy atom. The molecule has 45 heavy (non-hydrogen) atoms. The van der Waals surface area contributed by atoms with E-state index in [1.54, 1.807) is 6.07 Å². The maximum absolute atomic E-state index is 14.3. The van der Waals surface area contributed by atoms with Crippen molar-refractivity contribution in [2.45, 2.75) is 24.3 Å². The first kappa shape index (κ1) is 30.2. The summed E-state index contributed by atoms with van der Waals surface area (Å²) in [4.78, 5) is 26.1. The van der Waals surface area contributed by atoms with Gasteiger partial charge in [0, 0.05) is 47.0 Å². The molecule has 13 heteroatoms. The molecule has 1 saturated heterocycles. The summed E-state index contributed by atoms with van der Waals surface area (Å²) in [5, 5.41) is 4.28. The van der Waals surface area contributed by atoms with E-state index in [0.717, 1.165) is 42.7 Å². The van der Waals surface area contributed by atoms with Crippen molar-refractivity contribution in [1.82, 2.24) is 19.4 Å². The predicted octanol–water partition coefficient (Wildman–Crippen LogP) is 5.75. The fraction of sp³-hybridized carbons (Fsp3) is 0.219. The van der Waals surface area contributed by atoms with Gasteiger partial charge in [0.1, 0.15) is 28.7 Å². The minimum Gasteiger partial charge on any atom is -0.347 e. The van der Waals surface area contributed by atoms with E-state index in [0.29, 0.717) is 29.2 Å². The number of benzene rings is 3. The van der Waals surface area contributed by atoms with Crippen LogP contribution in [-0.2, 0) is 26.2 Å². The van der Waals surface area contributed by atoms with Gasteiger partial charge in [-0.05, 0) is 93.5 Å². The van der Waals surface area contributed by atoms with Crippen LogP contribution in [0.25, 0.3) is 22.2 Å². The van der Waals surface area contributed by atoms with Gasteiger partial charge in [0.05, 0.1) is 11.4 Å². The van der Waals surface area contributed by atoms with Crippen LogP contribution in [0.4, 0.5) is 26.0 Å². The fourth-order valence-corrected chi connectivity index (χ4v) is 6.78. The van der Waals surface area contributed by atoms with Crippen molar-refractivity contribution in [1.29, 1.82) is 0 Å². The number of carbonyl (C=O) groups excluding carboxylic acids is 1. The number of hydrogen-bond acceptors (Lipinski definition) is 8. The van der Waals surface area contributed by atoms with Gasteiger partial charge in [0.15, 0.2) is 0 Å². The molecule has 5 aromatic rings. The summed E-state index contributed by atoms with van der Waals surface area (Å²) in [7, 11) is -2.53. The lowest BCUT2D eigenvalue weighted by Gasteiger charge is -2.29. The Morgan fingerprint density at radius 2 is 1.78 bits per heavy atom. The zero-order valence-corrected chi connectivity index (χ0v) is 25.1. The predicted molar refractivity (Wildman–Crippen MR) is 166 cm³/mol. The number of anilines is 3. The average Bonchev–Trinajstić information content (AvgIpc) is 3.43. The first-order valence-corrected chi connectivity index (χ1v) is 15.7. The second kappa shape index (κ2) is 12.6. The lowest BCUT2D eigenvalue weighted by Crippen LogP contribution is -2.31. The largest absolute Gasteiger partial charge is 0.347 e. The van der Waals surface area contributed by atoms with Crippen molar-refractivity contribution in [3.63, 3.8) is 0 Å². The number of aromatic nitrogens is 3. The lowest BCUT2D eigenvalue weighted by atomic mass is 9.97. The van der Waals surface area contributed by atoms with E-state index in [9.17, 15) is 22.0 Å². The van der Waals surface area contributed by atoms with E-state index >= 15 is 0 Å². The molecular formula is C32H30F2N6O4S. The molecule has 1 fully saturated rings. The smallest absolute Gasteiger partial charge is 0.322 e. The Hall–Kier alpha value is -4.88. The maximum Gasteiger partial charge on any atom is 0.322 e. The van der Waals surface area contributed by atoms with Crippen LogP contribution in [0, 0.1) is 17.6 Å². The normalized spacial score (nSPS) is 14.4. The molecule has 6 rings (SSSR count). The molecule has 232 valence electrons. The molecular weight excluding hydrogens is 602 g/mol. The highest BCUT2D eigenvalue weighted by Gasteiger charge is 2.30. The molecule has 0 atom stereocenters. The van der Waals surface area contributed by atoms with Crippen LogP contribution in [0.5, 0.6) is 0 Å². The number of nitrogens with zero attached hydrogens (tertiary/aromatic N) is 5. The van der Waals surface area contributed by atoms with Gasteiger partial charge in [-0.3, -0.25) is 4.79 Å². The number of sulfonamides is 1. The van der Waals surface area contributed by atoms with Gasteiger partial charge in [-0.25, -0.2) is 18.7 Å². The SMILES string of the molecule is CN1CCC(Cn2ccc3cc(-c4cc(Nc5ccc(N(OC=O)S(=O)(=O)c6ccc(F)cc6F)cc5)ncn4)ccc32)CC1. The number of piperidine rings is 1. The summed E-state index contributed by atoms with van der Waals surface area (Å²) < 4.78 is 56.3. The molecule has 10 nitrogen and oxygen atoms in total. The molecule has 3 aromatic carbocycles. The van der Waals surface area contributed by atoms with E-state index in [-0.39, 0.29) is 16.6 Å². The van der Waals surface area contributed by atoms with E-state index in [4.69, 9.17) is 0 Å². The van der Waals surface area contributed by atoms with Gasteiger partial charge in [-0.1, -0.05) is 10.5 Å². The lowest BCUT2D eigenvalue weighted by molar-refractivity contribution is -0.128. The number of hydrogen-bond donors (Lipinski definition) is 1. The van der Waals surface area contributed by atoms with Crippen molar-refractivity contribution >= 4 is 44.6 Å². The van der Waals surface area contributed by atoms with Crippen molar-refractivity contribution in [2.24, 2.45) is 5.92 Å². The number of rotatable bonds is 10. The molecule has 0 saturated carbocycles. The maximum atomic E-state index is 14.3. The summed E-state index contributed by atoms with van der Waals surface area (Å²) in [6.45, 7) is 3.17. The minimum absolute atomic E-state index is 0.0872. The second-order valence-corrected chi connectivity index (χ2v) is 12.7. The molecule has 0 aliphatic carbocycles. The van der Waals surface area contributed by atoms with Crippen LogP contribution < -0.4 is 9.79 Å². The Morgan fingerprint density at radius 3 is 2.51 bits per heavy atom. The van der Waals surface area contributed by atoms with Crippen LogP contribution in [0.1, 0.15) is 12.8 Å². The molecule has 0 radical (unpaired) electrons.